The van der Waals surface area contributed by atoms with Crippen molar-refractivity contribution in [3.8, 4) is 0 Å². The van der Waals surface area contributed by atoms with Gasteiger partial charge in [-0.05, 0) is 6.42 Å². The Kier molecular flexibility index (Phi) is 3.16. The highest BCUT2D eigenvalue weighted by atomic mass is 19.4. The topological polar surface area (TPSA) is 33.3 Å². The molecule has 1 saturated heterocycles. The SMILES string of the molecule is [2H]N1CC(OC(F)(F)F)C(CCCC)N1[2H]. The highest BCUT2D eigenvalue weighted by Crippen LogP contribution is 2.22. The van der Waals surface area contributed by atoms with E-state index in [2.05, 4.69) is 4.74 Å². The van der Waals surface area contributed by atoms with Crippen LogP contribution in [0.5, 0.6) is 0 Å². The van der Waals surface area contributed by atoms with Crippen molar-refractivity contribution in [2.45, 2.75) is 44.7 Å². The van der Waals surface area contributed by atoms with Crippen molar-refractivity contribution >= 4 is 0 Å². The predicted molar refractivity (Wildman–Crippen MR) is 45.4 cm³/mol. The van der Waals surface area contributed by atoms with Gasteiger partial charge in [0.05, 0.1) is 6.10 Å². The molecule has 3 nitrogen and oxygen atoms in total. The normalized spacial score (nSPS) is 33.1. The molecule has 2 unspecified atom stereocenters. The number of hydrazine groups is 1. The maximum atomic E-state index is 12.1. The minimum absolute atomic E-state index is 0.225. The standard InChI is InChI=1S/C8H15F3N2O/c1-2-3-4-6-7(5-12-13-6)14-8(9,10)11/h6-7,12-13H,2-5H2,1H3/i/hD2. The molecule has 0 amide bonds. The molecular formula is C8H15F3N2O. The van der Waals surface area contributed by atoms with Crippen molar-refractivity contribution in [3.63, 3.8) is 0 Å². The van der Waals surface area contributed by atoms with E-state index in [1.54, 1.807) is 0 Å². The number of alkyl halides is 3. The van der Waals surface area contributed by atoms with Gasteiger partial charge in [-0.15, -0.1) is 13.2 Å². The van der Waals surface area contributed by atoms with Crippen LogP contribution < -0.4 is 10.8 Å². The summed E-state index contributed by atoms with van der Waals surface area (Å²) < 4.78 is 54.9. The molecule has 0 saturated carbocycles. The third-order valence-electron chi connectivity index (χ3n) is 2.06. The van der Waals surface area contributed by atoms with Crippen LogP contribution in [0, 0.1) is 0 Å². The van der Waals surface area contributed by atoms with Gasteiger partial charge in [0.15, 0.2) is 0 Å². The maximum Gasteiger partial charge on any atom is 0.522 e. The lowest BCUT2D eigenvalue weighted by molar-refractivity contribution is -0.341. The van der Waals surface area contributed by atoms with Gasteiger partial charge in [-0.2, -0.15) is 0 Å². The van der Waals surface area contributed by atoms with Crippen molar-refractivity contribution in [2.75, 3.05) is 6.54 Å². The minimum Gasteiger partial charge on any atom is -0.285 e. The molecule has 84 valence electrons. The van der Waals surface area contributed by atoms with Crippen LogP contribution in [0.2, 0.25) is 2.82 Å². The Morgan fingerprint density at radius 3 is 2.86 bits per heavy atom. The van der Waals surface area contributed by atoms with Crippen LogP contribution in [0.15, 0.2) is 0 Å². The third-order valence-corrected chi connectivity index (χ3v) is 2.06. The van der Waals surface area contributed by atoms with Gasteiger partial charge in [-0.25, -0.2) is 0 Å². The van der Waals surface area contributed by atoms with Crippen LogP contribution in [0.1, 0.15) is 26.2 Å². The Morgan fingerprint density at radius 2 is 2.29 bits per heavy atom. The molecule has 0 aromatic heterocycles. The fourth-order valence-corrected chi connectivity index (χ4v) is 1.37. The number of rotatable bonds is 4. The molecule has 0 spiro atoms. The fraction of sp³-hybridized carbons (Fsp3) is 1.00. The first-order chi connectivity index (χ1) is 7.35. The van der Waals surface area contributed by atoms with Crippen LogP contribution in [0.3, 0.4) is 0 Å². The zero-order chi connectivity index (χ0) is 12.3. The molecule has 1 fully saturated rings. The first-order valence-corrected chi connectivity index (χ1v) is 4.64. The monoisotopic (exact) mass is 214 g/mol. The summed E-state index contributed by atoms with van der Waals surface area (Å²) in [6, 6.07) is -0.695. The lowest BCUT2D eigenvalue weighted by atomic mass is 10.1. The Morgan fingerprint density at radius 1 is 1.57 bits per heavy atom. The van der Waals surface area contributed by atoms with Crippen LogP contribution in [-0.4, -0.2) is 25.1 Å². The molecule has 2 atom stereocenters. The molecule has 0 radical (unpaired) electrons. The van der Waals surface area contributed by atoms with E-state index >= 15 is 0 Å². The van der Waals surface area contributed by atoms with Crippen LogP contribution in [0.4, 0.5) is 13.2 Å². The van der Waals surface area contributed by atoms with E-state index in [0.29, 0.717) is 18.3 Å². The molecule has 1 heterocycles. The first-order valence-electron chi connectivity index (χ1n) is 5.53. The molecule has 0 bridgehead atoms. The second-order valence-electron chi connectivity index (χ2n) is 3.25. The average molecular weight is 214 g/mol. The van der Waals surface area contributed by atoms with Gasteiger partial charge in [0.25, 0.3) is 0 Å². The van der Waals surface area contributed by atoms with Crippen LogP contribution in [-0.2, 0) is 4.74 Å². The van der Waals surface area contributed by atoms with Gasteiger partial charge in [-0.1, -0.05) is 19.8 Å². The highest BCUT2D eigenvalue weighted by Gasteiger charge is 2.38. The molecule has 0 aromatic rings. The molecule has 0 aliphatic carbocycles. The van der Waals surface area contributed by atoms with Crippen LogP contribution >= 0.6 is 0 Å². The van der Waals surface area contributed by atoms with Crippen molar-refractivity contribution in [3.05, 3.63) is 0 Å². The Hall–Kier alpha value is -0.330. The summed E-state index contributed by atoms with van der Waals surface area (Å²) in [5.74, 6) is 0. The minimum atomic E-state index is -4.71. The highest BCUT2D eigenvalue weighted by molar-refractivity contribution is 4.83. The van der Waals surface area contributed by atoms with E-state index in [9.17, 15) is 13.2 Å². The molecule has 1 rings (SSSR count). The van der Waals surface area contributed by atoms with Crippen molar-refractivity contribution in [2.24, 2.45) is 0 Å². The number of unbranched alkanes of at least 4 members (excludes halogenated alkanes) is 1. The summed E-state index contributed by atoms with van der Waals surface area (Å²) in [6.07, 6.45) is -3.88. The zero-order valence-corrected chi connectivity index (χ0v) is 7.92. The van der Waals surface area contributed by atoms with Gasteiger partial charge >= 0.3 is 6.36 Å². The average Bonchev–Trinajstić information content (AvgIpc) is 2.38. The van der Waals surface area contributed by atoms with Gasteiger partial charge in [0.2, 0.25) is 0 Å². The summed E-state index contributed by atoms with van der Waals surface area (Å²) in [6.45, 7) is 1.69. The lowest BCUT2D eigenvalue weighted by Crippen LogP contribution is -2.37. The lowest BCUT2D eigenvalue weighted by Gasteiger charge is -2.19. The van der Waals surface area contributed by atoms with Crippen molar-refractivity contribution in [1.29, 1.82) is 0 Å². The van der Waals surface area contributed by atoms with Crippen molar-refractivity contribution in [1.82, 2.24) is 10.8 Å². The van der Waals surface area contributed by atoms with E-state index in [1.165, 1.54) is 0 Å². The Balaban J connectivity index is 2.59. The number of hydrogen-bond acceptors (Lipinski definition) is 3. The fourth-order valence-electron chi connectivity index (χ4n) is 1.37. The summed E-state index contributed by atoms with van der Waals surface area (Å²) >= 11 is 0. The zero-order valence-electron chi connectivity index (χ0n) is 9.92. The summed E-state index contributed by atoms with van der Waals surface area (Å²) in [5.41, 5.74) is 1.45. The molecule has 1 aliphatic rings. The van der Waals surface area contributed by atoms with E-state index < -0.39 is 18.5 Å². The van der Waals surface area contributed by atoms with E-state index in [1.807, 2.05) is 6.92 Å². The Labute approximate surface area is 83.9 Å². The van der Waals surface area contributed by atoms with E-state index in [4.69, 9.17) is 2.82 Å². The molecule has 6 heteroatoms. The van der Waals surface area contributed by atoms with E-state index in [0.717, 1.165) is 11.8 Å². The molecular weight excluding hydrogens is 197 g/mol. The second-order valence-corrected chi connectivity index (χ2v) is 3.25. The van der Waals surface area contributed by atoms with Gasteiger partial charge in [0, 0.05) is 12.6 Å². The molecule has 2 N–H and O–H groups in total. The van der Waals surface area contributed by atoms with Crippen molar-refractivity contribution < 1.29 is 20.7 Å². The number of halogens is 3. The molecule has 1 aliphatic heterocycles. The summed E-state index contributed by atoms with van der Waals surface area (Å²) in [5, 5.41) is 0. The molecule has 0 aromatic carbocycles. The first kappa shape index (κ1) is 8.94. The third kappa shape index (κ3) is 3.81. The van der Waals surface area contributed by atoms with Crippen LogP contribution in [0.25, 0.3) is 0 Å². The summed E-state index contributed by atoms with van der Waals surface area (Å²) in [7, 11) is 0. The maximum absolute atomic E-state index is 12.1. The largest absolute Gasteiger partial charge is 0.522 e. The predicted octanol–water partition coefficient (Wildman–Crippen LogP) is 1.56. The number of nitrogens with one attached hydrogen (secondary N) is 2. The molecule has 14 heavy (non-hydrogen) atoms. The number of ether oxygens (including phenoxy) is 1. The second kappa shape index (κ2) is 4.95. The summed E-state index contributed by atoms with van der Waals surface area (Å²) in [4.78, 5) is 0. The van der Waals surface area contributed by atoms with Gasteiger partial charge in [-0.3, -0.25) is 15.6 Å². The number of hydrogen-bond donors (Lipinski definition) is 2. The van der Waals surface area contributed by atoms with Gasteiger partial charge in [0.1, 0.15) is 2.82 Å². The van der Waals surface area contributed by atoms with E-state index in [-0.39, 0.29) is 6.54 Å². The Bertz CT molecular complexity index is 230. The smallest absolute Gasteiger partial charge is 0.285 e. The van der Waals surface area contributed by atoms with Gasteiger partial charge < -0.3 is 0 Å². The quantitative estimate of drug-likeness (QED) is 0.745.